The number of hydrogen-bond donors (Lipinski definition) is 1. The van der Waals surface area contributed by atoms with Gasteiger partial charge >= 0.3 is 0 Å². The monoisotopic (exact) mass is 405 g/mol. The Labute approximate surface area is 171 Å². The van der Waals surface area contributed by atoms with Crippen molar-refractivity contribution >= 4 is 17.7 Å². The van der Waals surface area contributed by atoms with E-state index in [2.05, 4.69) is 17.2 Å². The van der Waals surface area contributed by atoms with Crippen molar-refractivity contribution < 1.29 is 23.7 Å². The Balaban J connectivity index is 2.37. The molecule has 1 amide bonds. The number of rotatable bonds is 15. The number of ether oxygens (including phenoxy) is 4. The van der Waals surface area contributed by atoms with Gasteiger partial charge in [-0.25, -0.2) is 0 Å². The molecule has 0 unspecified atom stereocenters. The van der Waals surface area contributed by atoms with Crippen LogP contribution in [0, 0.1) is 24.7 Å². The Morgan fingerprint density at radius 1 is 1.04 bits per heavy atom. The number of carbonyl (C=O) groups excluding carboxylic acids is 1. The van der Waals surface area contributed by atoms with Crippen molar-refractivity contribution in [2.45, 2.75) is 6.42 Å². The number of nitrogens with one attached hydrogen (secondary N) is 1. The van der Waals surface area contributed by atoms with Gasteiger partial charge in [-0.2, -0.15) is 11.8 Å². The summed E-state index contributed by atoms with van der Waals surface area (Å²) in [4.78, 5) is 12.4. The van der Waals surface area contributed by atoms with E-state index in [1.54, 1.807) is 37.1 Å². The third kappa shape index (κ3) is 10.7. The second kappa shape index (κ2) is 15.7. The van der Waals surface area contributed by atoms with Crippen molar-refractivity contribution in [1.29, 1.82) is 0 Å². The molecule has 0 atom stereocenters. The second-order valence-corrected chi connectivity index (χ2v) is 6.73. The van der Waals surface area contributed by atoms with Crippen LogP contribution >= 0.6 is 11.8 Å². The first-order chi connectivity index (χ1) is 13.7. The van der Waals surface area contributed by atoms with E-state index < -0.39 is 0 Å². The zero-order chi connectivity index (χ0) is 20.5. The van der Waals surface area contributed by atoms with Crippen molar-refractivity contribution in [1.82, 2.24) is 5.32 Å². The SMILES string of the molecule is C#CCOc1cc(OCC#C)cc(C(=O)NCCSCCCOCCOC)c1. The lowest BCUT2D eigenvalue weighted by Gasteiger charge is -2.11. The maximum absolute atomic E-state index is 12.4. The molecule has 6 nitrogen and oxygen atoms in total. The van der Waals surface area contributed by atoms with E-state index in [4.69, 9.17) is 31.8 Å². The molecule has 1 rings (SSSR count). The standard InChI is InChI=1S/C21H27NO5S/c1-4-8-26-19-15-18(16-20(17-19)27-9-5-2)21(23)22-7-14-28-13-6-10-25-12-11-24-3/h1-2,15-17H,6-14H2,3H3,(H,22,23). The van der Waals surface area contributed by atoms with Crippen LogP contribution in [0.15, 0.2) is 18.2 Å². The van der Waals surface area contributed by atoms with Crippen LogP contribution in [0.2, 0.25) is 0 Å². The smallest absolute Gasteiger partial charge is 0.251 e. The Bertz CT molecular complexity index is 629. The molecule has 0 fully saturated rings. The molecule has 152 valence electrons. The predicted octanol–water partition coefficient (Wildman–Crippen LogP) is 2.23. The highest BCUT2D eigenvalue weighted by atomic mass is 32.2. The Morgan fingerprint density at radius 3 is 2.32 bits per heavy atom. The van der Waals surface area contributed by atoms with Crippen LogP contribution in [0.3, 0.4) is 0 Å². The van der Waals surface area contributed by atoms with Crippen LogP contribution in [0.25, 0.3) is 0 Å². The minimum absolute atomic E-state index is 0.103. The second-order valence-electron chi connectivity index (χ2n) is 5.51. The molecule has 0 heterocycles. The summed E-state index contributed by atoms with van der Waals surface area (Å²) in [5.41, 5.74) is 0.429. The van der Waals surface area contributed by atoms with E-state index in [0.717, 1.165) is 17.9 Å². The average Bonchev–Trinajstić information content (AvgIpc) is 2.71. The molecule has 0 saturated carbocycles. The van der Waals surface area contributed by atoms with Crippen LogP contribution in [0.5, 0.6) is 11.5 Å². The molecular weight excluding hydrogens is 378 g/mol. The quantitative estimate of drug-likeness (QED) is 0.357. The molecule has 0 aliphatic rings. The highest BCUT2D eigenvalue weighted by Crippen LogP contribution is 2.23. The number of thioether (sulfide) groups is 1. The van der Waals surface area contributed by atoms with Crippen LogP contribution in [0.4, 0.5) is 0 Å². The van der Waals surface area contributed by atoms with E-state index in [9.17, 15) is 4.79 Å². The molecular formula is C21H27NO5S. The summed E-state index contributed by atoms with van der Waals surface area (Å²) < 4.78 is 21.1. The zero-order valence-corrected chi connectivity index (χ0v) is 17.0. The number of terminal acetylenes is 2. The van der Waals surface area contributed by atoms with E-state index in [1.807, 2.05) is 0 Å². The molecule has 1 aromatic carbocycles. The Morgan fingerprint density at radius 2 is 1.71 bits per heavy atom. The molecule has 0 bridgehead atoms. The largest absolute Gasteiger partial charge is 0.481 e. The van der Waals surface area contributed by atoms with Crippen molar-refractivity contribution in [3.63, 3.8) is 0 Å². The third-order valence-corrected chi connectivity index (χ3v) is 4.40. The zero-order valence-electron chi connectivity index (χ0n) is 16.2. The van der Waals surface area contributed by atoms with E-state index >= 15 is 0 Å². The van der Waals surface area contributed by atoms with Gasteiger partial charge in [0.1, 0.15) is 24.7 Å². The van der Waals surface area contributed by atoms with Gasteiger partial charge in [0.2, 0.25) is 0 Å². The van der Waals surface area contributed by atoms with E-state index in [1.165, 1.54) is 0 Å². The first-order valence-corrected chi connectivity index (χ1v) is 10.1. The van der Waals surface area contributed by atoms with Crippen LogP contribution in [-0.2, 0) is 9.47 Å². The van der Waals surface area contributed by atoms with Gasteiger partial charge in [0.15, 0.2) is 0 Å². The summed E-state index contributed by atoms with van der Waals surface area (Å²) in [5, 5.41) is 2.89. The lowest BCUT2D eigenvalue weighted by Crippen LogP contribution is -2.26. The lowest BCUT2D eigenvalue weighted by molar-refractivity contribution is 0.0713. The van der Waals surface area contributed by atoms with Gasteiger partial charge in [0.05, 0.1) is 13.2 Å². The van der Waals surface area contributed by atoms with Crippen molar-refractivity contribution in [3.8, 4) is 36.2 Å². The normalized spacial score (nSPS) is 9.96. The van der Waals surface area contributed by atoms with Gasteiger partial charge in [-0.15, -0.1) is 12.8 Å². The van der Waals surface area contributed by atoms with E-state index in [0.29, 0.717) is 43.4 Å². The number of amides is 1. The first kappa shape index (κ1) is 23.7. The maximum Gasteiger partial charge on any atom is 0.251 e. The topological polar surface area (TPSA) is 66.0 Å². The van der Waals surface area contributed by atoms with Gasteiger partial charge < -0.3 is 24.3 Å². The summed E-state index contributed by atoms with van der Waals surface area (Å²) in [6.07, 6.45) is 11.4. The third-order valence-electron chi connectivity index (χ3n) is 3.33. The molecule has 0 saturated heterocycles. The molecule has 0 spiro atoms. The highest BCUT2D eigenvalue weighted by molar-refractivity contribution is 7.99. The molecule has 1 N–H and O–H groups in total. The van der Waals surface area contributed by atoms with Crippen molar-refractivity contribution in [2.75, 3.05) is 58.2 Å². The summed E-state index contributed by atoms with van der Waals surface area (Å²) in [5.74, 6) is 7.27. The molecule has 0 aromatic heterocycles. The van der Waals surface area contributed by atoms with Gasteiger partial charge in [0, 0.05) is 37.6 Å². The van der Waals surface area contributed by atoms with Crippen LogP contribution in [0.1, 0.15) is 16.8 Å². The van der Waals surface area contributed by atoms with E-state index in [-0.39, 0.29) is 19.1 Å². The molecule has 7 heteroatoms. The maximum atomic E-state index is 12.4. The predicted molar refractivity (Wildman–Crippen MR) is 112 cm³/mol. The van der Waals surface area contributed by atoms with Crippen LogP contribution < -0.4 is 14.8 Å². The summed E-state index contributed by atoms with van der Waals surface area (Å²) >= 11 is 1.76. The van der Waals surface area contributed by atoms with Crippen LogP contribution in [-0.4, -0.2) is 64.1 Å². The number of methoxy groups -OCH3 is 1. The Kier molecular flexibility index (Phi) is 13.3. The fourth-order valence-corrected chi connectivity index (χ4v) is 2.84. The fraction of sp³-hybridized carbons (Fsp3) is 0.476. The highest BCUT2D eigenvalue weighted by Gasteiger charge is 2.10. The average molecular weight is 406 g/mol. The van der Waals surface area contributed by atoms with Gasteiger partial charge in [0.25, 0.3) is 5.91 Å². The number of hydrogen-bond acceptors (Lipinski definition) is 6. The molecule has 0 aliphatic carbocycles. The van der Waals surface area contributed by atoms with Crippen molar-refractivity contribution in [3.05, 3.63) is 23.8 Å². The van der Waals surface area contributed by atoms with Gasteiger partial charge in [-0.1, -0.05) is 11.8 Å². The van der Waals surface area contributed by atoms with Gasteiger partial charge in [-0.05, 0) is 24.3 Å². The summed E-state index contributed by atoms with van der Waals surface area (Å²) in [6, 6.07) is 4.90. The molecule has 0 aliphatic heterocycles. The fourth-order valence-electron chi connectivity index (χ4n) is 2.07. The minimum atomic E-state index is -0.208. The molecule has 0 radical (unpaired) electrons. The van der Waals surface area contributed by atoms with Gasteiger partial charge in [-0.3, -0.25) is 4.79 Å². The van der Waals surface area contributed by atoms with Crippen molar-refractivity contribution in [2.24, 2.45) is 0 Å². The summed E-state index contributed by atoms with van der Waals surface area (Å²) in [7, 11) is 1.65. The lowest BCUT2D eigenvalue weighted by atomic mass is 10.2. The first-order valence-electron chi connectivity index (χ1n) is 8.91. The summed E-state index contributed by atoms with van der Waals surface area (Å²) in [6.45, 7) is 2.71. The number of carbonyl (C=O) groups is 1. The molecule has 1 aromatic rings. The molecule has 28 heavy (non-hydrogen) atoms. The minimum Gasteiger partial charge on any atom is -0.481 e. The Hall–Kier alpha value is -2.32. The number of benzene rings is 1.